The van der Waals surface area contributed by atoms with Crippen LogP contribution in [0.25, 0.3) is 0 Å². The zero-order chi connectivity index (χ0) is 17.9. The minimum atomic E-state index is -1.14. The Morgan fingerprint density at radius 2 is 1.88 bits per heavy atom. The van der Waals surface area contributed by atoms with Crippen molar-refractivity contribution in [3.8, 4) is 0 Å². The molecule has 1 aromatic rings. The predicted molar refractivity (Wildman–Crippen MR) is 87.4 cm³/mol. The van der Waals surface area contributed by atoms with Crippen molar-refractivity contribution in [2.45, 2.75) is 19.1 Å². The van der Waals surface area contributed by atoms with Gasteiger partial charge in [-0.3, -0.25) is 4.79 Å². The maximum Gasteiger partial charge on any atom is 0.334 e. The third-order valence-corrected chi connectivity index (χ3v) is 3.28. The van der Waals surface area contributed by atoms with Gasteiger partial charge in [0.25, 0.3) is 0 Å². The van der Waals surface area contributed by atoms with Crippen LogP contribution >= 0.6 is 0 Å². The van der Waals surface area contributed by atoms with Crippen LogP contribution in [-0.4, -0.2) is 61.3 Å². The van der Waals surface area contributed by atoms with Gasteiger partial charge in [-0.05, 0) is 5.56 Å². The van der Waals surface area contributed by atoms with Crippen LogP contribution in [0.2, 0.25) is 0 Å². The maximum absolute atomic E-state index is 11.9. The third kappa shape index (κ3) is 7.10. The van der Waals surface area contributed by atoms with Crippen molar-refractivity contribution in [2.75, 3.05) is 27.2 Å². The standard InChI is InChI=1S/C16H23N3O5/c1-19(11-12-6-4-3-5-7-12)16(23)17-9-8-14(20)18-10-13(24-2)15(21)22/h3-7,13H,8-11H2,1-2H3,(H,17,23)(H,18,20)(H,21,22). The minimum absolute atomic E-state index is 0.0565. The van der Waals surface area contributed by atoms with Crippen LogP contribution in [-0.2, 0) is 20.9 Å². The monoisotopic (exact) mass is 337 g/mol. The molecule has 0 bridgehead atoms. The number of benzene rings is 1. The van der Waals surface area contributed by atoms with E-state index in [0.29, 0.717) is 6.54 Å². The fourth-order valence-electron chi connectivity index (χ4n) is 1.91. The second kappa shape index (κ2) is 10.2. The van der Waals surface area contributed by atoms with Crippen LogP contribution in [0.4, 0.5) is 4.79 Å². The van der Waals surface area contributed by atoms with Crippen molar-refractivity contribution >= 4 is 17.9 Å². The Bertz CT molecular complexity index is 550. The van der Waals surface area contributed by atoms with Gasteiger partial charge >= 0.3 is 12.0 Å². The van der Waals surface area contributed by atoms with Gasteiger partial charge in [-0.1, -0.05) is 30.3 Å². The SMILES string of the molecule is COC(CNC(=O)CCNC(=O)N(C)Cc1ccccc1)C(=O)O. The van der Waals surface area contributed by atoms with Crippen molar-refractivity contribution < 1.29 is 24.2 Å². The van der Waals surface area contributed by atoms with Crippen molar-refractivity contribution in [3.05, 3.63) is 35.9 Å². The summed E-state index contributed by atoms with van der Waals surface area (Å²) in [5.41, 5.74) is 1.01. The Hall–Kier alpha value is -2.61. The summed E-state index contributed by atoms with van der Waals surface area (Å²) >= 11 is 0. The number of carboxylic acid groups (broad SMARTS) is 1. The molecule has 0 heterocycles. The van der Waals surface area contributed by atoms with Crippen molar-refractivity contribution in [2.24, 2.45) is 0 Å². The van der Waals surface area contributed by atoms with Crippen molar-refractivity contribution in [1.29, 1.82) is 0 Å². The molecule has 8 nitrogen and oxygen atoms in total. The van der Waals surface area contributed by atoms with E-state index in [1.54, 1.807) is 7.05 Å². The zero-order valence-corrected chi connectivity index (χ0v) is 13.8. The molecule has 1 unspecified atom stereocenters. The van der Waals surface area contributed by atoms with E-state index in [1.165, 1.54) is 12.0 Å². The molecule has 0 saturated carbocycles. The number of aliphatic carboxylic acids is 1. The highest BCUT2D eigenvalue weighted by Crippen LogP contribution is 2.02. The van der Waals surface area contributed by atoms with Gasteiger partial charge in [-0.25, -0.2) is 9.59 Å². The Kier molecular flexibility index (Phi) is 8.28. The fourth-order valence-corrected chi connectivity index (χ4v) is 1.91. The number of hydrogen-bond acceptors (Lipinski definition) is 4. The Morgan fingerprint density at radius 3 is 2.46 bits per heavy atom. The summed E-state index contributed by atoms with van der Waals surface area (Å²) in [6.45, 7) is 0.508. The van der Waals surface area contributed by atoms with Crippen LogP contribution in [0.15, 0.2) is 30.3 Å². The van der Waals surface area contributed by atoms with Gasteiger partial charge in [-0.15, -0.1) is 0 Å². The number of urea groups is 1. The first-order valence-corrected chi connectivity index (χ1v) is 7.49. The van der Waals surface area contributed by atoms with Gasteiger partial charge in [0.1, 0.15) is 0 Å². The van der Waals surface area contributed by atoms with Gasteiger partial charge in [0.2, 0.25) is 5.91 Å². The number of nitrogens with one attached hydrogen (secondary N) is 2. The first kappa shape index (κ1) is 19.4. The molecule has 0 aromatic heterocycles. The van der Waals surface area contributed by atoms with Gasteiger partial charge in [0, 0.05) is 33.7 Å². The molecule has 132 valence electrons. The molecular weight excluding hydrogens is 314 g/mol. The van der Waals surface area contributed by atoms with Gasteiger partial charge in [-0.2, -0.15) is 0 Å². The Labute approximate surface area is 140 Å². The van der Waals surface area contributed by atoms with E-state index in [2.05, 4.69) is 10.6 Å². The highest BCUT2D eigenvalue weighted by atomic mass is 16.5. The molecule has 1 rings (SSSR count). The number of methoxy groups -OCH3 is 1. The van der Waals surface area contributed by atoms with Crippen molar-refractivity contribution in [3.63, 3.8) is 0 Å². The molecule has 24 heavy (non-hydrogen) atoms. The van der Waals surface area contributed by atoms with Gasteiger partial charge < -0.3 is 25.4 Å². The van der Waals surface area contributed by atoms with Crippen LogP contribution in [0, 0.1) is 0 Å². The number of carbonyl (C=O) groups excluding carboxylic acids is 2. The first-order chi connectivity index (χ1) is 11.4. The predicted octanol–water partition coefficient (Wildman–Crippen LogP) is 0.434. The maximum atomic E-state index is 11.9. The second-order valence-electron chi connectivity index (χ2n) is 5.19. The van der Waals surface area contributed by atoms with E-state index in [0.717, 1.165) is 5.56 Å². The summed E-state index contributed by atoms with van der Waals surface area (Å²) in [5, 5.41) is 13.9. The van der Waals surface area contributed by atoms with E-state index >= 15 is 0 Å². The first-order valence-electron chi connectivity index (χ1n) is 7.49. The number of nitrogens with zero attached hydrogens (tertiary/aromatic N) is 1. The van der Waals surface area contributed by atoms with E-state index in [1.807, 2.05) is 30.3 Å². The summed E-state index contributed by atoms with van der Waals surface area (Å²) in [6, 6.07) is 9.26. The highest BCUT2D eigenvalue weighted by molar-refractivity contribution is 5.79. The van der Waals surface area contributed by atoms with Crippen LogP contribution < -0.4 is 10.6 Å². The second-order valence-corrected chi connectivity index (χ2v) is 5.19. The quantitative estimate of drug-likeness (QED) is 0.606. The van der Waals surface area contributed by atoms with E-state index < -0.39 is 12.1 Å². The molecule has 1 atom stereocenters. The Balaban J connectivity index is 2.24. The van der Waals surface area contributed by atoms with Gasteiger partial charge in [0.05, 0.1) is 6.54 Å². The van der Waals surface area contributed by atoms with Gasteiger partial charge in [0.15, 0.2) is 6.10 Å². The molecule has 8 heteroatoms. The third-order valence-electron chi connectivity index (χ3n) is 3.28. The minimum Gasteiger partial charge on any atom is -0.479 e. The lowest BCUT2D eigenvalue weighted by Gasteiger charge is -2.18. The molecule has 1 aromatic carbocycles. The summed E-state index contributed by atoms with van der Waals surface area (Å²) in [4.78, 5) is 35.8. The Morgan fingerprint density at radius 1 is 1.21 bits per heavy atom. The lowest BCUT2D eigenvalue weighted by atomic mass is 10.2. The molecule has 0 spiro atoms. The van der Waals surface area contributed by atoms with Crippen molar-refractivity contribution in [1.82, 2.24) is 15.5 Å². The number of hydrogen-bond donors (Lipinski definition) is 3. The van der Waals surface area contributed by atoms with E-state index in [-0.39, 0.29) is 31.4 Å². The number of carboxylic acids is 1. The lowest BCUT2D eigenvalue weighted by Crippen LogP contribution is -2.41. The molecule has 3 N–H and O–H groups in total. The molecule has 3 amide bonds. The summed E-state index contributed by atoms with van der Waals surface area (Å²) in [5.74, 6) is -1.50. The average molecular weight is 337 g/mol. The molecule has 0 aliphatic heterocycles. The van der Waals surface area contributed by atoms with Crippen LogP contribution in [0.1, 0.15) is 12.0 Å². The number of amides is 3. The summed E-state index contributed by atoms with van der Waals surface area (Å²) < 4.78 is 4.70. The largest absolute Gasteiger partial charge is 0.479 e. The van der Waals surface area contributed by atoms with E-state index in [9.17, 15) is 14.4 Å². The van der Waals surface area contributed by atoms with Crippen LogP contribution in [0.5, 0.6) is 0 Å². The molecule has 0 saturated heterocycles. The molecule has 0 fully saturated rings. The smallest absolute Gasteiger partial charge is 0.334 e. The fraction of sp³-hybridized carbons (Fsp3) is 0.438. The molecular formula is C16H23N3O5. The highest BCUT2D eigenvalue weighted by Gasteiger charge is 2.17. The molecule has 0 aliphatic carbocycles. The summed E-state index contributed by atoms with van der Waals surface area (Å²) in [7, 11) is 2.92. The number of rotatable bonds is 9. The summed E-state index contributed by atoms with van der Waals surface area (Å²) in [6.07, 6.45) is -1.03. The number of ether oxygens (including phenoxy) is 1. The number of carbonyl (C=O) groups is 3. The lowest BCUT2D eigenvalue weighted by molar-refractivity contribution is -0.148. The molecule has 0 aliphatic rings. The normalized spacial score (nSPS) is 11.4. The molecule has 0 radical (unpaired) electrons. The zero-order valence-electron chi connectivity index (χ0n) is 13.8. The topological polar surface area (TPSA) is 108 Å². The van der Waals surface area contributed by atoms with E-state index in [4.69, 9.17) is 9.84 Å². The average Bonchev–Trinajstić information content (AvgIpc) is 2.55. The van der Waals surface area contributed by atoms with Crippen LogP contribution in [0.3, 0.4) is 0 Å².